The lowest BCUT2D eigenvalue weighted by Gasteiger charge is -1.93. The molecule has 3 aromatic heterocycles. The van der Waals surface area contributed by atoms with Crippen molar-refractivity contribution in [2.45, 2.75) is 0 Å². The summed E-state index contributed by atoms with van der Waals surface area (Å²) in [6.45, 7) is 0. The third kappa shape index (κ3) is 0.721. The van der Waals surface area contributed by atoms with Crippen LogP contribution in [0.4, 0.5) is 0 Å². The zero-order chi connectivity index (χ0) is 9.54. The van der Waals surface area contributed by atoms with Crippen LogP contribution in [0.25, 0.3) is 16.6 Å². The normalized spacial score (nSPS) is 10.8. The number of pyridine rings is 1. The number of nitrogens with one attached hydrogen (secondary N) is 1. The van der Waals surface area contributed by atoms with Gasteiger partial charge in [0.05, 0.1) is 17.1 Å². The van der Waals surface area contributed by atoms with Gasteiger partial charge in [-0.25, -0.2) is 4.52 Å². The fourth-order valence-corrected chi connectivity index (χ4v) is 1.54. The summed E-state index contributed by atoms with van der Waals surface area (Å²) in [7, 11) is 0. The highest BCUT2D eigenvalue weighted by Gasteiger charge is 2.07. The largest absolute Gasteiger partial charge is 0.259 e. The average Bonchev–Trinajstić information content (AvgIpc) is 2.76. The average molecular weight is 183 g/mol. The molecule has 0 spiro atoms. The van der Waals surface area contributed by atoms with E-state index < -0.39 is 0 Å². The highest BCUT2D eigenvalue weighted by Crippen LogP contribution is 2.17. The maximum Gasteiger partial charge on any atom is 0.178 e. The van der Waals surface area contributed by atoms with Crippen molar-refractivity contribution in [3.63, 3.8) is 0 Å². The molecule has 66 valence electrons. The summed E-state index contributed by atoms with van der Waals surface area (Å²) in [4.78, 5) is 0. The number of aromatic amines is 1. The molecule has 0 bridgehead atoms. The molecule has 0 saturated heterocycles. The summed E-state index contributed by atoms with van der Waals surface area (Å²) in [6, 6.07) is 7.56. The number of hydrogen-bond donors (Lipinski definition) is 1. The lowest BCUT2D eigenvalue weighted by atomic mass is 10.3. The predicted molar refractivity (Wildman–Crippen MR) is 49.6 cm³/mol. The second kappa shape index (κ2) is 2.33. The zero-order valence-corrected chi connectivity index (χ0v) is 7.10. The first-order valence-corrected chi connectivity index (χ1v) is 4.11. The van der Waals surface area contributed by atoms with Gasteiger partial charge in [-0.15, -0.1) is 5.10 Å². The number of nitriles is 1. The van der Waals surface area contributed by atoms with Gasteiger partial charge in [0.25, 0.3) is 0 Å². The molecule has 0 aliphatic rings. The van der Waals surface area contributed by atoms with Crippen LogP contribution in [0, 0.1) is 11.3 Å². The number of fused-ring (bicyclic) bond motifs is 3. The Morgan fingerprint density at radius 1 is 1.43 bits per heavy atom. The minimum atomic E-state index is 0.520. The minimum Gasteiger partial charge on any atom is -0.259 e. The number of H-pyrrole nitrogens is 1. The molecule has 5 nitrogen and oxygen atoms in total. The van der Waals surface area contributed by atoms with Gasteiger partial charge in [0.2, 0.25) is 0 Å². The number of rotatable bonds is 0. The molecule has 3 heterocycles. The van der Waals surface area contributed by atoms with Gasteiger partial charge in [-0.3, -0.25) is 5.10 Å². The first-order chi connectivity index (χ1) is 6.90. The minimum absolute atomic E-state index is 0.520. The van der Waals surface area contributed by atoms with E-state index in [-0.39, 0.29) is 0 Å². The van der Waals surface area contributed by atoms with E-state index in [1.165, 1.54) is 0 Å². The number of hydrogen-bond acceptors (Lipinski definition) is 3. The van der Waals surface area contributed by atoms with E-state index in [2.05, 4.69) is 21.4 Å². The van der Waals surface area contributed by atoms with Crippen LogP contribution in [0.3, 0.4) is 0 Å². The van der Waals surface area contributed by atoms with Gasteiger partial charge in [-0.05, 0) is 12.1 Å². The van der Waals surface area contributed by atoms with Crippen LogP contribution in [0.1, 0.15) is 5.69 Å². The number of nitrogens with zero attached hydrogens (tertiary/aromatic N) is 4. The van der Waals surface area contributed by atoms with Gasteiger partial charge in [-0.1, -0.05) is 6.07 Å². The van der Waals surface area contributed by atoms with Crippen molar-refractivity contribution in [1.29, 1.82) is 5.26 Å². The van der Waals surface area contributed by atoms with Crippen molar-refractivity contribution >= 4 is 16.6 Å². The molecule has 0 amide bonds. The Bertz CT molecular complexity index is 654. The summed E-state index contributed by atoms with van der Waals surface area (Å²) >= 11 is 0. The maximum atomic E-state index is 8.86. The van der Waals surface area contributed by atoms with E-state index in [0.29, 0.717) is 11.3 Å². The Labute approximate surface area is 78.6 Å². The van der Waals surface area contributed by atoms with Crippen molar-refractivity contribution in [3.8, 4) is 6.07 Å². The van der Waals surface area contributed by atoms with Crippen LogP contribution in [-0.4, -0.2) is 19.8 Å². The second-order valence-electron chi connectivity index (χ2n) is 2.95. The van der Waals surface area contributed by atoms with Gasteiger partial charge >= 0.3 is 0 Å². The third-order valence-electron chi connectivity index (χ3n) is 2.17. The van der Waals surface area contributed by atoms with E-state index in [1.807, 2.05) is 12.1 Å². The van der Waals surface area contributed by atoms with Gasteiger partial charge in [0.15, 0.2) is 5.65 Å². The van der Waals surface area contributed by atoms with Gasteiger partial charge in [0.1, 0.15) is 11.8 Å². The fraction of sp³-hybridized carbons (Fsp3) is 0. The lowest BCUT2D eigenvalue weighted by molar-refractivity contribution is 0.935. The Morgan fingerprint density at radius 2 is 2.36 bits per heavy atom. The van der Waals surface area contributed by atoms with Crippen LogP contribution in [0.5, 0.6) is 0 Å². The zero-order valence-electron chi connectivity index (χ0n) is 7.10. The topological polar surface area (TPSA) is 69.8 Å². The summed E-state index contributed by atoms with van der Waals surface area (Å²) in [5.74, 6) is 0. The summed E-state index contributed by atoms with van der Waals surface area (Å²) in [5.41, 5.74) is 2.12. The van der Waals surface area contributed by atoms with Crippen LogP contribution in [-0.2, 0) is 0 Å². The van der Waals surface area contributed by atoms with Crippen molar-refractivity contribution in [2.75, 3.05) is 0 Å². The predicted octanol–water partition coefficient (Wildman–Crippen LogP) is 1.08. The third-order valence-corrected chi connectivity index (χ3v) is 2.17. The Balaban J connectivity index is 2.62. The monoisotopic (exact) mass is 183 g/mol. The van der Waals surface area contributed by atoms with E-state index in [1.54, 1.807) is 16.8 Å². The second-order valence-corrected chi connectivity index (χ2v) is 2.95. The molecule has 0 atom stereocenters. The Morgan fingerprint density at radius 3 is 3.21 bits per heavy atom. The lowest BCUT2D eigenvalue weighted by Crippen LogP contribution is -1.93. The molecule has 0 aromatic carbocycles. The summed E-state index contributed by atoms with van der Waals surface area (Å²) in [5, 5.41) is 20.7. The van der Waals surface area contributed by atoms with E-state index >= 15 is 0 Å². The van der Waals surface area contributed by atoms with Crippen molar-refractivity contribution in [1.82, 2.24) is 19.8 Å². The first kappa shape index (κ1) is 7.09. The van der Waals surface area contributed by atoms with Crippen LogP contribution in [0.15, 0.2) is 24.4 Å². The molecule has 0 saturated carbocycles. The standard InChI is InChI=1S/C9H5N5/c10-4-6-2-1-3-8-7-5-11-12-9(7)13-14(6)8/h1-3,5H,(H,12,13). The molecule has 5 heteroatoms. The van der Waals surface area contributed by atoms with Crippen molar-refractivity contribution < 1.29 is 0 Å². The van der Waals surface area contributed by atoms with E-state index in [9.17, 15) is 0 Å². The maximum absolute atomic E-state index is 8.86. The van der Waals surface area contributed by atoms with Gasteiger partial charge in [-0.2, -0.15) is 10.4 Å². The van der Waals surface area contributed by atoms with Gasteiger partial charge in [0, 0.05) is 0 Å². The van der Waals surface area contributed by atoms with Crippen LogP contribution < -0.4 is 0 Å². The number of aromatic nitrogens is 4. The Hall–Kier alpha value is -2.35. The Kier molecular flexibility index (Phi) is 1.18. The molecular weight excluding hydrogens is 178 g/mol. The summed E-state index contributed by atoms with van der Waals surface area (Å²) < 4.78 is 1.61. The van der Waals surface area contributed by atoms with Crippen molar-refractivity contribution in [2.24, 2.45) is 0 Å². The molecule has 3 rings (SSSR count). The molecule has 0 fully saturated rings. The molecule has 1 N–H and O–H groups in total. The fourth-order valence-electron chi connectivity index (χ4n) is 1.54. The highest BCUT2D eigenvalue weighted by atomic mass is 15.3. The molecule has 14 heavy (non-hydrogen) atoms. The quantitative estimate of drug-likeness (QED) is 0.567. The summed E-state index contributed by atoms with van der Waals surface area (Å²) in [6.07, 6.45) is 1.71. The van der Waals surface area contributed by atoms with Crippen LogP contribution in [0.2, 0.25) is 0 Å². The van der Waals surface area contributed by atoms with E-state index in [4.69, 9.17) is 5.26 Å². The highest BCUT2D eigenvalue weighted by molar-refractivity contribution is 5.91. The SMILES string of the molecule is N#Cc1cccc2c3cn[nH]c3nn12. The molecule has 0 unspecified atom stereocenters. The molecule has 3 aromatic rings. The molecular formula is C9H5N5. The van der Waals surface area contributed by atoms with Gasteiger partial charge < -0.3 is 0 Å². The smallest absolute Gasteiger partial charge is 0.178 e. The van der Waals surface area contributed by atoms with Crippen LogP contribution >= 0.6 is 0 Å². The first-order valence-electron chi connectivity index (χ1n) is 4.11. The molecule has 0 aliphatic carbocycles. The van der Waals surface area contributed by atoms with Crippen molar-refractivity contribution in [3.05, 3.63) is 30.1 Å². The molecule has 0 radical (unpaired) electrons. The van der Waals surface area contributed by atoms with E-state index in [0.717, 1.165) is 10.9 Å². The molecule has 0 aliphatic heterocycles.